The van der Waals surface area contributed by atoms with Gasteiger partial charge in [-0.1, -0.05) is 18.2 Å². The zero-order chi connectivity index (χ0) is 13.2. The summed E-state index contributed by atoms with van der Waals surface area (Å²) in [7, 11) is 0. The average molecular weight is 247 g/mol. The zero-order valence-corrected chi connectivity index (χ0v) is 9.91. The first-order valence-electron chi connectivity index (χ1n) is 5.67. The Morgan fingerprint density at radius 1 is 1.11 bits per heavy atom. The van der Waals surface area contributed by atoms with Gasteiger partial charge in [0.2, 0.25) is 0 Å². The van der Waals surface area contributed by atoms with E-state index in [9.17, 15) is 5.26 Å². The molecule has 5 heteroatoms. The first kappa shape index (κ1) is 11.1. The van der Waals surface area contributed by atoms with E-state index in [1.165, 1.54) is 0 Å². The van der Waals surface area contributed by atoms with Crippen LogP contribution in [0.5, 0.6) is 0 Å². The Kier molecular flexibility index (Phi) is 2.54. The Labute approximate surface area is 109 Å². The molecule has 2 N–H and O–H groups in total. The van der Waals surface area contributed by atoms with Gasteiger partial charge in [-0.05, 0) is 18.2 Å². The van der Waals surface area contributed by atoms with Crippen molar-refractivity contribution in [2.24, 2.45) is 0 Å². The minimum Gasteiger partial charge on any atom is -0.384 e. The lowest BCUT2D eigenvalue weighted by molar-refractivity contribution is 1.17. The molecule has 0 saturated carbocycles. The number of benzene rings is 1. The lowest BCUT2D eigenvalue weighted by Gasteiger charge is -2.05. The van der Waals surface area contributed by atoms with Crippen molar-refractivity contribution in [3.05, 3.63) is 48.3 Å². The Balaban J connectivity index is 2.31. The Bertz CT molecular complexity index is 804. The second-order valence-electron chi connectivity index (χ2n) is 3.99. The van der Waals surface area contributed by atoms with Crippen molar-refractivity contribution in [1.82, 2.24) is 15.0 Å². The first-order valence-corrected chi connectivity index (χ1v) is 5.67. The highest BCUT2D eigenvalue weighted by Gasteiger charge is 2.11. The molecule has 0 amide bonds. The molecule has 0 atom stereocenters. The highest BCUT2D eigenvalue weighted by molar-refractivity contribution is 5.84. The average Bonchev–Trinajstić information content (AvgIpc) is 2.46. The maximum Gasteiger partial charge on any atom is 0.164 e. The van der Waals surface area contributed by atoms with Gasteiger partial charge in [0.05, 0.1) is 11.1 Å². The molecule has 0 unspecified atom stereocenters. The van der Waals surface area contributed by atoms with Gasteiger partial charge in [-0.2, -0.15) is 5.26 Å². The molecular weight excluding hydrogens is 238 g/mol. The molecule has 5 nitrogen and oxygen atoms in total. The Morgan fingerprint density at radius 2 is 1.95 bits per heavy atom. The molecule has 2 aromatic heterocycles. The number of nitrogen functional groups attached to an aromatic ring is 1. The van der Waals surface area contributed by atoms with Gasteiger partial charge in [0.15, 0.2) is 11.5 Å². The van der Waals surface area contributed by atoms with Crippen LogP contribution in [0, 0.1) is 11.3 Å². The predicted molar refractivity (Wildman–Crippen MR) is 71.9 cm³/mol. The molecule has 1 aromatic carbocycles. The fourth-order valence-electron chi connectivity index (χ4n) is 1.87. The third kappa shape index (κ3) is 1.96. The van der Waals surface area contributed by atoms with Gasteiger partial charge >= 0.3 is 0 Å². The summed E-state index contributed by atoms with van der Waals surface area (Å²) >= 11 is 0. The van der Waals surface area contributed by atoms with Crippen LogP contribution in [-0.2, 0) is 0 Å². The molecule has 0 bridgehead atoms. The lowest BCUT2D eigenvalue weighted by atomic mass is 10.1. The normalized spacial score (nSPS) is 10.3. The molecule has 0 spiro atoms. The second kappa shape index (κ2) is 4.35. The molecule has 0 aliphatic heterocycles. The van der Waals surface area contributed by atoms with Gasteiger partial charge in [0, 0.05) is 11.6 Å². The minimum atomic E-state index is 0.296. The van der Waals surface area contributed by atoms with Gasteiger partial charge < -0.3 is 5.73 Å². The monoisotopic (exact) mass is 247 g/mol. The minimum absolute atomic E-state index is 0.296. The van der Waals surface area contributed by atoms with Crippen LogP contribution >= 0.6 is 0 Å². The summed E-state index contributed by atoms with van der Waals surface area (Å²) in [6, 6.07) is 13.1. The number of anilines is 1. The number of hydrogen-bond acceptors (Lipinski definition) is 5. The number of fused-ring (bicyclic) bond motifs is 1. The van der Waals surface area contributed by atoms with E-state index < -0.39 is 0 Å². The van der Waals surface area contributed by atoms with E-state index in [1.54, 1.807) is 12.3 Å². The molecule has 19 heavy (non-hydrogen) atoms. The second-order valence-corrected chi connectivity index (χ2v) is 3.99. The van der Waals surface area contributed by atoms with Crippen molar-refractivity contribution in [2.75, 3.05) is 5.73 Å². The van der Waals surface area contributed by atoms with Gasteiger partial charge in [-0.25, -0.2) is 15.0 Å². The van der Waals surface area contributed by atoms with Crippen molar-refractivity contribution in [1.29, 1.82) is 5.26 Å². The van der Waals surface area contributed by atoms with E-state index in [1.807, 2.05) is 30.3 Å². The number of hydrogen-bond donors (Lipinski definition) is 1. The summed E-state index contributed by atoms with van der Waals surface area (Å²) in [5.41, 5.74) is 7.30. The standard InChI is InChI=1S/C14H9N5/c15-8-12-10(14-17-6-5-13(16)19-14)7-9-3-1-2-4-11(9)18-12/h1-7H,(H2,16,17,19). The number of nitriles is 1. The zero-order valence-electron chi connectivity index (χ0n) is 9.91. The van der Waals surface area contributed by atoms with Gasteiger partial charge in [-0.15, -0.1) is 0 Å². The van der Waals surface area contributed by atoms with Crippen molar-refractivity contribution >= 4 is 16.7 Å². The number of para-hydroxylation sites is 1. The van der Waals surface area contributed by atoms with Crippen molar-refractivity contribution in [3.8, 4) is 17.5 Å². The summed E-state index contributed by atoms with van der Waals surface area (Å²) in [5.74, 6) is 0.775. The van der Waals surface area contributed by atoms with Crippen molar-refractivity contribution < 1.29 is 0 Å². The third-order valence-electron chi connectivity index (χ3n) is 2.75. The molecule has 2 heterocycles. The maximum atomic E-state index is 9.21. The number of rotatable bonds is 1. The van der Waals surface area contributed by atoms with Crippen LogP contribution in [0.2, 0.25) is 0 Å². The van der Waals surface area contributed by atoms with E-state index >= 15 is 0 Å². The van der Waals surface area contributed by atoms with E-state index in [0.29, 0.717) is 22.9 Å². The topological polar surface area (TPSA) is 88.5 Å². The molecule has 0 radical (unpaired) electrons. The predicted octanol–water partition coefficient (Wildman–Crippen LogP) is 2.15. The summed E-state index contributed by atoms with van der Waals surface area (Å²) in [6.45, 7) is 0. The number of nitrogens with zero attached hydrogens (tertiary/aromatic N) is 4. The van der Waals surface area contributed by atoms with Crippen LogP contribution in [0.15, 0.2) is 42.6 Å². The van der Waals surface area contributed by atoms with Crippen LogP contribution in [0.1, 0.15) is 5.69 Å². The van der Waals surface area contributed by atoms with Crippen LogP contribution < -0.4 is 5.73 Å². The van der Waals surface area contributed by atoms with E-state index in [0.717, 1.165) is 10.9 Å². The fourth-order valence-corrected chi connectivity index (χ4v) is 1.87. The Morgan fingerprint density at radius 3 is 2.74 bits per heavy atom. The largest absolute Gasteiger partial charge is 0.384 e. The molecule has 0 aliphatic carbocycles. The van der Waals surface area contributed by atoms with E-state index in [4.69, 9.17) is 5.73 Å². The number of pyridine rings is 1. The van der Waals surface area contributed by atoms with Gasteiger partial charge in [0.25, 0.3) is 0 Å². The SMILES string of the molecule is N#Cc1nc2ccccc2cc1-c1nccc(N)n1. The molecule has 0 fully saturated rings. The number of aromatic nitrogens is 3. The highest BCUT2D eigenvalue weighted by atomic mass is 14.9. The summed E-state index contributed by atoms with van der Waals surface area (Å²) < 4.78 is 0. The third-order valence-corrected chi connectivity index (χ3v) is 2.75. The highest BCUT2D eigenvalue weighted by Crippen LogP contribution is 2.23. The first-order chi connectivity index (χ1) is 9.28. The Hall–Kier alpha value is -3.00. The molecule has 90 valence electrons. The quantitative estimate of drug-likeness (QED) is 0.711. The molecule has 0 saturated heterocycles. The van der Waals surface area contributed by atoms with Crippen molar-refractivity contribution in [2.45, 2.75) is 0 Å². The van der Waals surface area contributed by atoms with E-state index in [-0.39, 0.29) is 0 Å². The maximum absolute atomic E-state index is 9.21. The smallest absolute Gasteiger partial charge is 0.164 e. The van der Waals surface area contributed by atoms with Crippen LogP contribution in [0.4, 0.5) is 5.82 Å². The van der Waals surface area contributed by atoms with Gasteiger partial charge in [0.1, 0.15) is 11.9 Å². The summed E-state index contributed by atoms with van der Waals surface area (Å²) in [6.07, 6.45) is 1.56. The van der Waals surface area contributed by atoms with Gasteiger partial charge in [-0.3, -0.25) is 0 Å². The summed E-state index contributed by atoms with van der Waals surface area (Å²) in [5, 5.41) is 10.1. The molecule has 0 aliphatic rings. The van der Waals surface area contributed by atoms with Crippen molar-refractivity contribution in [3.63, 3.8) is 0 Å². The van der Waals surface area contributed by atoms with Crippen LogP contribution in [0.25, 0.3) is 22.3 Å². The number of nitrogens with two attached hydrogens (primary N) is 1. The molecule has 3 rings (SSSR count). The van der Waals surface area contributed by atoms with Crippen LogP contribution in [0.3, 0.4) is 0 Å². The lowest BCUT2D eigenvalue weighted by Crippen LogP contribution is -1.98. The fraction of sp³-hybridized carbons (Fsp3) is 0. The molecular formula is C14H9N5. The summed E-state index contributed by atoms with van der Waals surface area (Å²) in [4.78, 5) is 12.6. The van der Waals surface area contributed by atoms with Crippen LogP contribution in [-0.4, -0.2) is 15.0 Å². The molecule has 3 aromatic rings. The van der Waals surface area contributed by atoms with E-state index in [2.05, 4.69) is 21.0 Å².